The second-order valence-electron chi connectivity index (χ2n) is 4.10. The first-order valence-electron chi connectivity index (χ1n) is 5.12. The first-order valence-corrected chi connectivity index (χ1v) is 7.32. The van der Waals surface area contributed by atoms with Crippen molar-refractivity contribution in [1.82, 2.24) is 19.6 Å². The molecule has 0 spiro atoms. The highest BCUT2D eigenvalue weighted by molar-refractivity contribution is 7.91. The molecule has 17 heavy (non-hydrogen) atoms. The first-order chi connectivity index (χ1) is 8.05. The van der Waals surface area contributed by atoms with E-state index >= 15 is 0 Å². The topological polar surface area (TPSA) is 77.2 Å². The molecule has 0 aromatic carbocycles. The normalized spacial score (nSPS) is 23.2. The summed E-state index contributed by atoms with van der Waals surface area (Å²) in [6.07, 6.45) is 2.11. The highest BCUT2D eigenvalue weighted by Gasteiger charge is 2.32. The van der Waals surface area contributed by atoms with Crippen molar-refractivity contribution in [1.29, 1.82) is 0 Å². The number of halogens is 1. The fourth-order valence-electron chi connectivity index (χ4n) is 2.07. The van der Waals surface area contributed by atoms with Crippen molar-refractivity contribution < 1.29 is 8.42 Å². The Balaban J connectivity index is 2.07. The molecule has 0 radical (unpaired) electrons. The highest BCUT2D eigenvalue weighted by atomic mass is 35.5. The Morgan fingerprint density at radius 1 is 1.41 bits per heavy atom. The van der Waals surface area contributed by atoms with Gasteiger partial charge in [-0.2, -0.15) is 0 Å². The van der Waals surface area contributed by atoms with Crippen molar-refractivity contribution in [3.8, 4) is 0 Å². The van der Waals surface area contributed by atoms with Gasteiger partial charge in [0.15, 0.2) is 15.5 Å². The zero-order chi connectivity index (χ0) is 12.0. The molecule has 1 saturated heterocycles. The van der Waals surface area contributed by atoms with Gasteiger partial charge in [0.2, 0.25) is 0 Å². The van der Waals surface area contributed by atoms with Gasteiger partial charge in [0.1, 0.15) is 17.3 Å². The van der Waals surface area contributed by atoms with E-state index in [1.165, 1.54) is 6.33 Å². The number of rotatable bonds is 1. The summed E-state index contributed by atoms with van der Waals surface area (Å²) in [7, 11) is -2.93. The first kappa shape index (κ1) is 10.9. The molecule has 0 amide bonds. The molecule has 3 heterocycles. The fourth-order valence-corrected chi connectivity index (χ4v) is 3.95. The summed E-state index contributed by atoms with van der Waals surface area (Å²) in [4.78, 5) is 3.95. The zero-order valence-electron chi connectivity index (χ0n) is 8.74. The zero-order valence-corrected chi connectivity index (χ0v) is 10.3. The smallest absolute Gasteiger partial charge is 0.165 e. The molecule has 0 aliphatic carbocycles. The molecule has 1 aliphatic rings. The van der Waals surface area contributed by atoms with E-state index in [4.69, 9.17) is 11.6 Å². The lowest BCUT2D eigenvalue weighted by molar-refractivity contribution is 0.601. The molecule has 1 unspecified atom stereocenters. The Bertz CT molecular complexity index is 681. The van der Waals surface area contributed by atoms with Crippen LogP contribution >= 0.6 is 11.6 Å². The van der Waals surface area contributed by atoms with Crippen LogP contribution in [0.2, 0.25) is 5.15 Å². The van der Waals surface area contributed by atoms with E-state index in [2.05, 4.69) is 15.2 Å². The summed E-state index contributed by atoms with van der Waals surface area (Å²) in [5.41, 5.74) is 0.587. The molecule has 1 fully saturated rings. The highest BCUT2D eigenvalue weighted by Crippen LogP contribution is 2.27. The van der Waals surface area contributed by atoms with Crippen LogP contribution in [0.3, 0.4) is 0 Å². The third-order valence-electron chi connectivity index (χ3n) is 2.89. The lowest BCUT2D eigenvalue weighted by atomic mass is 10.1. The van der Waals surface area contributed by atoms with Gasteiger partial charge in [-0.3, -0.25) is 4.40 Å². The van der Waals surface area contributed by atoms with Crippen LogP contribution in [0.1, 0.15) is 18.2 Å². The molecule has 0 bridgehead atoms. The Hall–Kier alpha value is -1.21. The maximum atomic E-state index is 11.4. The quantitative estimate of drug-likeness (QED) is 0.714. The summed E-state index contributed by atoms with van der Waals surface area (Å²) in [5, 5.41) is 8.34. The van der Waals surface area contributed by atoms with Gasteiger partial charge in [0, 0.05) is 12.0 Å². The van der Waals surface area contributed by atoms with Crippen molar-refractivity contribution in [2.24, 2.45) is 0 Å². The monoisotopic (exact) mass is 272 g/mol. The van der Waals surface area contributed by atoms with E-state index in [9.17, 15) is 8.42 Å². The van der Waals surface area contributed by atoms with Crippen LogP contribution in [-0.4, -0.2) is 39.5 Å². The van der Waals surface area contributed by atoms with E-state index in [0.29, 0.717) is 23.0 Å². The van der Waals surface area contributed by atoms with Crippen LogP contribution in [0.5, 0.6) is 0 Å². The molecule has 6 nitrogen and oxygen atoms in total. The molecule has 90 valence electrons. The Labute approximate surface area is 103 Å². The van der Waals surface area contributed by atoms with Crippen molar-refractivity contribution >= 4 is 27.1 Å². The molecule has 0 saturated carbocycles. The summed E-state index contributed by atoms with van der Waals surface area (Å²) < 4.78 is 24.6. The predicted molar refractivity (Wildman–Crippen MR) is 61.8 cm³/mol. The second kappa shape index (κ2) is 3.64. The third-order valence-corrected chi connectivity index (χ3v) is 4.87. The van der Waals surface area contributed by atoms with Crippen LogP contribution in [0.4, 0.5) is 0 Å². The molecular weight excluding hydrogens is 264 g/mol. The second-order valence-corrected chi connectivity index (χ2v) is 6.71. The Kier molecular flexibility index (Phi) is 2.34. The number of hydrogen-bond acceptors (Lipinski definition) is 5. The van der Waals surface area contributed by atoms with E-state index in [-0.39, 0.29) is 17.4 Å². The summed E-state index contributed by atoms with van der Waals surface area (Å²) in [5.74, 6) is 0.896. The lowest BCUT2D eigenvalue weighted by Gasteiger charge is -2.04. The molecule has 1 aliphatic heterocycles. The maximum Gasteiger partial charge on any atom is 0.165 e. The van der Waals surface area contributed by atoms with Crippen LogP contribution in [-0.2, 0) is 9.84 Å². The van der Waals surface area contributed by atoms with Crippen molar-refractivity contribution in [2.45, 2.75) is 12.3 Å². The molecule has 2 aromatic rings. The van der Waals surface area contributed by atoms with E-state index < -0.39 is 9.84 Å². The van der Waals surface area contributed by atoms with Crippen LogP contribution in [0.25, 0.3) is 5.65 Å². The number of nitrogens with zero attached hydrogens (tertiary/aromatic N) is 4. The predicted octanol–water partition coefficient (Wildman–Crippen LogP) is 0.680. The molecule has 1 atom stereocenters. The largest absolute Gasteiger partial charge is 0.269 e. The Morgan fingerprint density at radius 2 is 2.24 bits per heavy atom. The maximum absolute atomic E-state index is 11.4. The number of sulfone groups is 1. The molecule has 8 heteroatoms. The van der Waals surface area contributed by atoms with Gasteiger partial charge in [-0.15, -0.1) is 10.2 Å². The van der Waals surface area contributed by atoms with E-state index in [1.807, 2.05) is 0 Å². The lowest BCUT2D eigenvalue weighted by Crippen LogP contribution is -2.07. The average Bonchev–Trinajstić information content (AvgIpc) is 2.80. The minimum Gasteiger partial charge on any atom is -0.269 e. The molecule has 0 N–H and O–H groups in total. The van der Waals surface area contributed by atoms with Crippen molar-refractivity contribution in [2.75, 3.05) is 11.5 Å². The van der Waals surface area contributed by atoms with Gasteiger partial charge in [-0.25, -0.2) is 13.4 Å². The standard InChI is InChI=1S/C9H9ClN4O2S/c10-7-3-8-12-13-9(14(8)5-11-7)6-1-2-17(15,16)4-6/h3,5-6H,1-2,4H2. The minimum absolute atomic E-state index is 0.0991. The molecule has 2 aromatic heterocycles. The molecular formula is C9H9ClN4O2S. The minimum atomic E-state index is -2.93. The van der Waals surface area contributed by atoms with Crippen molar-refractivity contribution in [3.05, 3.63) is 23.4 Å². The SMILES string of the molecule is O=S1(=O)CCC(c2nnc3cc(Cl)ncn23)C1. The summed E-state index contributed by atoms with van der Waals surface area (Å²) >= 11 is 5.74. The van der Waals surface area contributed by atoms with Gasteiger partial charge in [0.05, 0.1) is 11.5 Å². The number of fused-ring (bicyclic) bond motifs is 1. The Morgan fingerprint density at radius 3 is 2.94 bits per heavy atom. The van der Waals surface area contributed by atoms with Crippen LogP contribution < -0.4 is 0 Å². The van der Waals surface area contributed by atoms with Gasteiger partial charge >= 0.3 is 0 Å². The summed E-state index contributed by atoms with van der Waals surface area (Å²) in [6, 6.07) is 1.60. The average molecular weight is 273 g/mol. The molecule has 3 rings (SSSR count). The van der Waals surface area contributed by atoms with E-state index in [0.717, 1.165) is 0 Å². The fraction of sp³-hybridized carbons (Fsp3) is 0.444. The number of aromatic nitrogens is 4. The van der Waals surface area contributed by atoms with Crippen molar-refractivity contribution in [3.63, 3.8) is 0 Å². The van der Waals surface area contributed by atoms with Gasteiger partial charge < -0.3 is 0 Å². The van der Waals surface area contributed by atoms with Gasteiger partial charge in [-0.1, -0.05) is 11.6 Å². The van der Waals surface area contributed by atoms with Gasteiger partial charge in [0.25, 0.3) is 0 Å². The van der Waals surface area contributed by atoms with Crippen LogP contribution in [0.15, 0.2) is 12.4 Å². The third kappa shape index (κ3) is 1.89. The number of hydrogen-bond donors (Lipinski definition) is 0. The van der Waals surface area contributed by atoms with Gasteiger partial charge in [-0.05, 0) is 6.42 Å². The van der Waals surface area contributed by atoms with Crippen LogP contribution in [0, 0.1) is 0 Å². The van der Waals surface area contributed by atoms with E-state index in [1.54, 1.807) is 10.5 Å². The summed E-state index contributed by atoms with van der Waals surface area (Å²) in [6.45, 7) is 0.